The first-order valence-corrected chi connectivity index (χ1v) is 36.6. The third-order valence-corrected chi connectivity index (χ3v) is 17.3. The van der Waals surface area contributed by atoms with Crippen LogP contribution >= 0.6 is 0 Å². The number of hydrogen-bond acceptors (Lipinski definition) is 5. The number of hydrogen-bond donors (Lipinski definition) is 3. The summed E-state index contributed by atoms with van der Waals surface area (Å²) in [6.07, 6.45) is 88.0. The van der Waals surface area contributed by atoms with Gasteiger partial charge < -0.3 is 20.3 Å². The van der Waals surface area contributed by atoms with Gasteiger partial charge in [0.1, 0.15) is 0 Å². The molecule has 0 spiro atoms. The number of amides is 1. The Morgan fingerprint density at radius 1 is 0.350 bits per heavy atom. The maximum absolute atomic E-state index is 12.6. The molecule has 474 valence electrons. The van der Waals surface area contributed by atoms with E-state index < -0.39 is 12.1 Å². The van der Waals surface area contributed by atoms with Crippen molar-refractivity contribution in [2.24, 2.45) is 0 Å². The fraction of sp³-hybridized carbons (Fsp3) is 0.919. The van der Waals surface area contributed by atoms with Crippen LogP contribution in [0.1, 0.15) is 412 Å². The van der Waals surface area contributed by atoms with E-state index >= 15 is 0 Å². The van der Waals surface area contributed by atoms with Crippen LogP contribution in [0.2, 0.25) is 0 Å². The Balaban J connectivity index is 3.38. The molecule has 0 aromatic carbocycles. The average Bonchev–Trinajstić information content (AvgIpc) is 3.46. The van der Waals surface area contributed by atoms with Gasteiger partial charge in [-0.1, -0.05) is 366 Å². The minimum atomic E-state index is -0.666. The number of carbonyl (C=O) groups excluding carboxylic acids is 2. The van der Waals surface area contributed by atoms with Gasteiger partial charge >= 0.3 is 5.97 Å². The van der Waals surface area contributed by atoms with Gasteiger partial charge in [0.25, 0.3) is 0 Å². The molecule has 0 aliphatic carbocycles. The molecule has 0 saturated carbocycles. The molecule has 0 saturated heterocycles. The van der Waals surface area contributed by atoms with Crippen LogP contribution in [0.5, 0.6) is 0 Å². The molecule has 0 bridgehead atoms. The summed E-state index contributed by atoms with van der Waals surface area (Å²) >= 11 is 0. The van der Waals surface area contributed by atoms with E-state index in [1.54, 1.807) is 0 Å². The second-order valence-corrected chi connectivity index (χ2v) is 25.3. The standard InChI is InChI=1S/C74H143NO5/c1-3-5-7-9-11-13-15-17-19-21-22-23-24-25-26-29-32-35-38-42-46-50-54-58-62-66-72(77)71(70-76)75-73(78)67-63-59-55-51-47-43-39-36-33-30-27-28-31-34-37-41-45-49-53-57-61-65-69-80-74(79)68-64-60-56-52-48-44-40-20-18-16-14-12-10-8-6-4-2/h14,16,20,40,71-72,76-77H,3-13,15,17-19,21-39,41-70H2,1-2H3,(H,75,78)/b16-14-,40-20-. The van der Waals surface area contributed by atoms with Crippen molar-refractivity contribution < 1.29 is 24.5 Å². The molecule has 0 aromatic heterocycles. The monoisotopic (exact) mass is 1130 g/mol. The normalized spacial score (nSPS) is 12.6. The van der Waals surface area contributed by atoms with Crippen LogP contribution in [0.25, 0.3) is 0 Å². The predicted octanol–water partition coefficient (Wildman–Crippen LogP) is 23.7. The van der Waals surface area contributed by atoms with E-state index in [1.165, 1.54) is 327 Å². The number of nitrogens with one attached hydrogen (secondary N) is 1. The van der Waals surface area contributed by atoms with E-state index in [4.69, 9.17) is 4.74 Å². The first-order valence-electron chi connectivity index (χ1n) is 36.6. The van der Waals surface area contributed by atoms with E-state index in [9.17, 15) is 19.8 Å². The molecule has 1 amide bonds. The highest BCUT2D eigenvalue weighted by molar-refractivity contribution is 5.76. The highest BCUT2D eigenvalue weighted by atomic mass is 16.5. The Bertz CT molecular complexity index is 1250. The van der Waals surface area contributed by atoms with E-state index in [1.807, 2.05) is 0 Å². The smallest absolute Gasteiger partial charge is 0.305 e. The van der Waals surface area contributed by atoms with Crippen LogP contribution < -0.4 is 5.32 Å². The van der Waals surface area contributed by atoms with Crippen molar-refractivity contribution in [1.29, 1.82) is 0 Å². The van der Waals surface area contributed by atoms with Crippen LogP contribution in [0.15, 0.2) is 24.3 Å². The van der Waals surface area contributed by atoms with Gasteiger partial charge in [0.15, 0.2) is 0 Å². The van der Waals surface area contributed by atoms with Crippen LogP contribution in [0.3, 0.4) is 0 Å². The number of rotatable bonds is 69. The van der Waals surface area contributed by atoms with Crippen LogP contribution in [-0.2, 0) is 14.3 Å². The molecule has 0 rings (SSSR count). The lowest BCUT2D eigenvalue weighted by Gasteiger charge is -2.22. The van der Waals surface area contributed by atoms with Crippen molar-refractivity contribution in [3.05, 3.63) is 24.3 Å². The Kier molecular flexibility index (Phi) is 68.4. The highest BCUT2D eigenvalue weighted by Gasteiger charge is 2.20. The minimum absolute atomic E-state index is 0.000968. The van der Waals surface area contributed by atoms with Gasteiger partial charge in [-0.15, -0.1) is 0 Å². The number of aliphatic hydroxyl groups is 2. The van der Waals surface area contributed by atoms with Gasteiger partial charge in [0.05, 0.1) is 25.4 Å². The summed E-state index contributed by atoms with van der Waals surface area (Å²) in [4.78, 5) is 24.7. The number of carbonyl (C=O) groups is 2. The van der Waals surface area contributed by atoms with Crippen molar-refractivity contribution in [3.8, 4) is 0 Å². The molecular formula is C74H143NO5. The lowest BCUT2D eigenvalue weighted by molar-refractivity contribution is -0.143. The Hall–Kier alpha value is -1.66. The Morgan fingerprint density at radius 2 is 0.625 bits per heavy atom. The predicted molar refractivity (Wildman–Crippen MR) is 352 cm³/mol. The molecule has 6 nitrogen and oxygen atoms in total. The van der Waals surface area contributed by atoms with Gasteiger partial charge in [-0.25, -0.2) is 0 Å². The summed E-state index contributed by atoms with van der Waals surface area (Å²) in [6, 6.07) is -0.543. The van der Waals surface area contributed by atoms with Crippen LogP contribution in [0, 0.1) is 0 Å². The fourth-order valence-electron chi connectivity index (χ4n) is 11.7. The highest BCUT2D eigenvalue weighted by Crippen LogP contribution is 2.19. The molecule has 80 heavy (non-hydrogen) atoms. The van der Waals surface area contributed by atoms with E-state index in [2.05, 4.69) is 43.5 Å². The third-order valence-electron chi connectivity index (χ3n) is 17.3. The van der Waals surface area contributed by atoms with Gasteiger partial charge in [0, 0.05) is 12.8 Å². The van der Waals surface area contributed by atoms with Crippen LogP contribution in [-0.4, -0.2) is 47.4 Å². The second-order valence-electron chi connectivity index (χ2n) is 25.3. The first-order chi connectivity index (χ1) is 39.5. The molecule has 6 heteroatoms. The maximum atomic E-state index is 12.6. The third kappa shape index (κ3) is 65.5. The number of allylic oxidation sites excluding steroid dienone is 4. The van der Waals surface area contributed by atoms with E-state index in [0.29, 0.717) is 25.9 Å². The van der Waals surface area contributed by atoms with Crippen molar-refractivity contribution in [1.82, 2.24) is 5.32 Å². The summed E-state index contributed by atoms with van der Waals surface area (Å²) in [7, 11) is 0. The number of ether oxygens (including phenoxy) is 1. The number of esters is 1. The fourth-order valence-corrected chi connectivity index (χ4v) is 11.7. The first kappa shape index (κ1) is 78.3. The van der Waals surface area contributed by atoms with Crippen molar-refractivity contribution >= 4 is 11.9 Å². The molecule has 2 unspecified atom stereocenters. The van der Waals surface area contributed by atoms with Gasteiger partial charge in [-0.05, 0) is 57.8 Å². The summed E-state index contributed by atoms with van der Waals surface area (Å²) < 4.78 is 5.49. The molecule has 2 atom stereocenters. The number of aliphatic hydroxyl groups excluding tert-OH is 2. The second kappa shape index (κ2) is 69.8. The largest absolute Gasteiger partial charge is 0.466 e. The number of unbranched alkanes of at least 4 members (excludes halogenated alkanes) is 54. The molecule has 0 radical (unpaired) electrons. The van der Waals surface area contributed by atoms with Crippen molar-refractivity contribution in [3.63, 3.8) is 0 Å². The molecule has 0 heterocycles. The zero-order valence-corrected chi connectivity index (χ0v) is 54.3. The summed E-state index contributed by atoms with van der Waals surface area (Å²) in [5, 5.41) is 23.5. The van der Waals surface area contributed by atoms with Crippen LogP contribution in [0.4, 0.5) is 0 Å². The van der Waals surface area contributed by atoms with Crippen molar-refractivity contribution in [2.45, 2.75) is 424 Å². The summed E-state index contributed by atoms with van der Waals surface area (Å²) in [6.45, 7) is 4.97. The minimum Gasteiger partial charge on any atom is -0.466 e. The lowest BCUT2D eigenvalue weighted by atomic mass is 10.0. The van der Waals surface area contributed by atoms with Crippen molar-refractivity contribution in [2.75, 3.05) is 13.2 Å². The molecule has 0 fully saturated rings. The topological polar surface area (TPSA) is 95.9 Å². The summed E-state index contributed by atoms with van der Waals surface area (Å²) in [5.41, 5.74) is 0. The molecule has 0 aromatic rings. The average molecular weight is 1130 g/mol. The zero-order chi connectivity index (χ0) is 57.8. The SMILES string of the molecule is CCCCCC/C=C\C/C=C\CCCCCCCC(=O)OCCCCCCCCCCCCCCCCCCCCCCCCC(=O)NC(CO)C(O)CCCCCCCCCCCCCCCCCCCCCCCCCCC. The lowest BCUT2D eigenvalue weighted by Crippen LogP contribution is -2.45. The molecular weight excluding hydrogens is 983 g/mol. The molecule has 0 aliphatic heterocycles. The Labute approximate surface area is 501 Å². The molecule has 0 aliphatic rings. The summed E-state index contributed by atoms with van der Waals surface area (Å²) in [5.74, 6) is -0.0292. The zero-order valence-electron chi connectivity index (χ0n) is 54.3. The maximum Gasteiger partial charge on any atom is 0.305 e. The van der Waals surface area contributed by atoms with E-state index in [-0.39, 0.29) is 18.5 Å². The Morgan fingerprint density at radius 3 is 0.963 bits per heavy atom. The van der Waals surface area contributed by atoms with Gasteiger partial charge in [0.2, 0.25) is 5.91 Å². The van der Waals surface area contributed by atoms with E-state index in [0.717, 1.165) is 51.4 Å². The van der Waals surface area contributed by atoms with Gasteiger partial charge in [-0.2, -0.15) is 0 Å². The quantitative estimate of drug-likeness (QED) is 0.0320. The van der Waals surface area contributed by atoms with Gasteiger partial charge in [-0.3, -0.25) is 9.59 Å². The molecule has 3 N–H and O–H groups in total.